The Morgan fingerprint density at radius 2 is 1.46 bits per heavy atom. The third-order valence-corrected chi connectivity index (χ3v) is 11.1. The molecule has 15 heteroatoms. The van der Waals surface area contributed by atoms with Crippen LogP contribution in [-0.4, -0.2) is 125 Å². The van der Waals surface area contributed by atoms with Crippen molar-refractivity contribution in [1.82, 2.24) is 23.9 Å². The van der Waals surface area contributed by atoms with Crippen molar-refractivity contribution in [3.63, 3.8) is 0 Å². The monoisotopic (exact) mass is 744 g/mol. The molecule has 0 aromatic heterocycles. The number of rotatable bonds is 10. The van der Waals surface area contributed by atoms with E-state index in [4.69, 9.17) is 37.7 Å². The molecule has 268 valence electrons. The van der Waals surface area contributed by atoms with Crippen molar-refractivity contribution in [3.8, 4) is 11.5 Å². The number of benzene rings is 3. The minimum absolute atomic E-state index is 0.0150. The quantitative estimate of drug-likeness (QED) is 0.286. The van der Waals surface area contributed by atoms with Gasteiger partial charge in [-0.15, -0.1) is 0 Å². The number of piperazine rings is 1. The molecule has 2 heterocycles. The van der Waals surface area contributed by atoms with Crippen LogP contribution in [0.3, 0.4) is 0 Å². The molecular formula is C35H42Cl2N6O6S. The zero-order chi connectivity index (χ0) is 36.3. The minimum Gasteiger partial charge on any atom is -0.495 e. The summed E-state index contributed by atoms with van der Waals surface area (Å²) in [5.41, 5.74) is 1.87. The lowest BCUT2D eigenvalue weighted by Crippen LogP contribution is -2.55. The number of carbonyl (C=O) groups excluding carboxylic acids is 2. The van der Waals surface area contributed by atoms with Crippen LogP contribution in [0.15, 0.2) is 70.6 Å². The topological polar surface area (TPSA) is 115 Å². The molecule has 2 aliphatic rings. The number of likely N-dealkylation sites (N-methyl/N-ethyl adjacent to an activating group) is 1. The maximum Gasteiger partial charge on any atom is 0.326 e. The molecule has 0 saturated carbocycles. The molecule has 0 bridgehead atoms. The van der Waals surface area contributed by atoms with Gasteiger partial charge >= 0.3 is 6.03 Å². The predicted molar refractivity (Wildman–Crippen MR) is 194 cm³/mol. The second-order valence-corrected chi connectivity index (χ2v) is 15.4. The van der Waals surface area contributed by atoms with Crippen molar-refractivity contribution in [2.24, 2.45) is 4.99 Å². The summed E-state index contributed by atoms with van der Waals surface area (Å²) in [5.74, 6) is 0.617. The van der Waals surface area contributed by atoms with E-state index in [0.29, 0.717) is 47.5 Å². The van der Waals surface area contributed by atoms with E-state index in [0.717, 1.165) is 15.4 Å². The number of hydrogen-bond donors (Lipinski definition) is 0. The van der Waals surface area contributed by atoms with Crippen molar-refractivity contribution in [2.75, 3.05) is 74.6 Å². The molecule has 2 atom stereocenters. The average molecular weight is 746 g/mol. The summed E-state index contributed by atoms with van der Waals surface area (Å²) in [6.45, 7) is 4.04. The Morgan fingerprint density at radius 3 is 1.98 bits per heavy atom. The molecule has 3 aromatic carbocycles. The van der Waals surface area contributed by atoms with Gasteiger partial charge in [0.1, 0.15) is 28.3 Å². The molecular weight excluding hydrogens is 703 g/mol. The SMILES string of the molecule is CCOc1cc(OC)c(S(=O)(=O)N(C)C)cc1C1=N[C@@H](c2ccc(Cl)cc2)[C@@H](c2ccc(Cl)cc2)N1C(=O)N1CCN(CC(=O)N(C)C)CC1. The molecule has 3 amide bonds. The second-order valence-electron chi connectivity index (χ2n) is 12.4. The lowest BCUT2D eigenvalue weighted by atomic mass is 9.93. The summed E-state index contributed by atoms with van der Waals surface area (Å²) in [5, 5.41) is 1.08. The van der Waals surface area contributed by atoms with Crippen LogP contribution in [0, 0.1) is 0 Å². The van der Waals surface area contributed by atoms with Crippen LogP contribution in [0.25, 0.3) is 0 Å². The first-order valence-corrected chi connectivity index (χ1v) is 18.3. The Balaban J connectivity index is 1.69. The molecule has 12 nitrogen and oxygen atoms in total. The lowest BCUT2D eigenvalue weighted by molar-refractivity contribution is -0.130. The van der Waals surface area contributed by atoms with E-state index in [9.17, 15) is 18.0 Å². The van der Waals surface area contributed by atoms with Gasteiger partial charge in [0.25, 0.3) is 0 Å². The van der Waals surface area contributed by atoms with E-state index in [1.165, 1.54) is 33.3 Å². The van der Waals surface area contributed by atoms with Gasteiger partial charge < -0.3 is 19.3 Å². The van der Waals surface area contributed by atoms with Gasteiger partial charge in [-0.25, -0.2) is 17.5 Å². The third kappa shape index (κ3) is 7.71. The number of carbonyl (C=O) groups is 2. The molecule has 1 fully saturated rings. The van der Waals surface area contributed by atoms with Gasteiger partial charge in [0.15, 0.2) is 0 Å². The molecule has 0 N–H and O–H groups in total. The Labute approximate surface area is 303 Å². The van der Waals surface area contributed by atoms with E-state index in [1.807, 2.05) is 36.1 Å². The van der Waals surface area contributed by atoms with Crippen LogP contribution in [0.2, 0.25) is 10.0 Å². The zero-order valence-corrected chi connectivity index (χ0v) is 31.3. The van der Waals surface area contributed by atoms with Crippen LogP contribution in [-0.2, 0) is 14.8 Å². The standard InChI is InChI=1S/C35H42Cl2N6O6S/c1-7-49-28-21-29(48-6)30(50(46,47)40(4)5)20-27(28)34-38-32(23-8-12-25(36)13-9-23)33(24-10-14-26(37)15-11-24)43(34)35(45)42-18-16-41(17-19-42)22-31(44)39(2)3/h8-15,20-21,32-33H,7,16-19,22H2,1-6H3/t32-,33+/m0/s1. The van der Waals surface area contributed by atoms with E-state index >= 15 is 0 Å². The number of amidine groups is 1. The molecule has 0 aliphatic carbocycles. The van der Waals surface area contributed by atoms with Crippen LogP contribution >= 0.6 is 23.2 Å². The zero-order valence-electron chi connectivity index (χ0n) is 29.0. The van der Waals surface area contributed by atoms with Gasteiger partial charge in [-0.3, -0.25) is 19.6 Å². The van der Waals surface area contributed by atoms with Gasteiger partial charge in [0.2, 0.25) is 15.9 Å². The number of halogens is 2. The summed E-state index contributed by atoms with van der Waals surface area (Å²) in [4.78, 5) is 39.4. The van der Waals surface area contributed by atoms with Crippen LogP contribution in [0.1, 0.15) is 35.7 Å². The first kappa shape index (κ1) is 37.4. The van der Waals surface area contributed by atoms with Gasteiger partial charge in [-0.05, 0) is 48.4 Å². The van der Waals surface area contributed by atoms with Crippen molar-refractivity contribution < 1.29 is 27.5 Å². The predicted octanol–water partition coefficient (Wildman–Crippen LogP) is 5.02. The highest BCUT2D eigenvalue weighted by Gasteiger charge is 2.45. The number of aliphatic imine (C=N–C) groups is 1. The number of ether oxygens (including phenoxy) is 2. The maximum atomic E-state index is 14.9. The van der Waals surface area contributed by atoms with Crippen molar-refractivity contribution >= 4 is 51.0 Å². The number of methoxy groups -OCH3 is 1. The molecule has 50 heavy (non-hydrogen) atoms. The largest absolute Gasteiger partial charge is 0.495 e. The molecule has 3 aromatic rings. The highest BCUT2D eigenvalue weighted by atomic mass is 35.5. The molecule has 1 saturated heterocycles. The summed E-state index contributed by atoms with van der Waals surface area (Å²) < 4.78 is 39.9. The van der Waals surface area contributed by atoms with Crippen LogP contribution in [0.5, 0.6) is 11.5 Å². The second kappa shape index (κ2) is 15.6. The smallest absolute Gasteiger partial charge is 0.326 e. The van der Waals surface area contributed by atoms with Gasteiger partial charge in [-0.2, -0.15) is 0 Å². The third-order valence-electron chi connectivity index (χ3n) is 8.76. The number of amides is 3. The lowest BCUT2D eigenvalue weighted by Gasteiger charge is -2.39. The fourth-order valence-corrected chi connectivity index (χ4v) is 7.29. The van der Waals surface area contributed by atoms with Gasteiger partial charge in [0, 0.05) is 70.5 Å². The summed E-state index contributed by atoms with van der Waals surface area (Å²) in [7, 11) is 3.69. The Morgan fingerprint density at radius 1 is 0.880 bits per heavy atom. The Kier molecular flexibility index (Phi) is 11.6. The van der Waals surface area contributed by atoms with Gasteiger partial charge in [0.05, 0.1) is 31.9 Å². The van der Waals surface area contributed by atoms with Crippen LogP contribution in [0.4, 0.5) is 4.79 Å². The van der Waals surface area contributed by atoms with Crippen molar-refractivity contribution in [3.05, 3.63) is 87.4 Å². The molecule has 5 rings (SSSR count). The maximum absolute atomic E-state index is 14.9. The first-order valence-electron chi connectivity index (χ1n) is 16.1. The van der Waals surface area contributed by atoms with E-state index in [2.05, 4.69) is 0 Å². The number of hydrogen-bond acceptors (Lipinski definition) is 8. The van der Waals surface area contributed by atoms with Crippen molar-refractivity contribution in [1.29, 1.82) is 0 Å². The Hall–Kier alpha value is -3.88. The molecule has 2 aliphatic heterocycles. The minimum atomic E-state index is -4.01. The van der Waals surface area contributed by atoms with Gasteiger partial charge in [-0.1, -0.05) is 47.5 Å². The van der Waals surface area contributed by atoms with Crippen molar-refractivity contribution in [2.45, 2.75) is 23.9 Å². The molecule has 0 radical (unpaired) electrons. The van der Waals surface area contributed by atoms with E-state index in [-0.39, 0.29) is 41.6 Å². The fourth-order valence-electron chi connectivity index (χ4n) is 5.99. The van der Waals surface area contributed by atoms with E-state index in [1.54, 1.807) is 53.1 Å². The number of nitrogens with zero attached hydrogens (tertiary/aromatic N) is 6. The highest BCUT2D eigenvalue weighted by molar-refractivity contribution is 7.89. The molecule has 0 spiro atoms. The highest BCUT2D eigenvalue weighted by Crippen LogP contribution is 2.46. The average Bonchev–Trinajstić information content (AvgIpc) is 3.49. The number of sulfonamides is 1. The van der Waals surface area contributed by atoms with Crippen LogP contribution < -0.4 is 9.47 Å². The first-order chi connectivity index (χ1) is 23.8. The summed E-state index contributed by atoms with van der Waals surface area (Å²) in [6.07, 6.45) is 0. The summed E-state index contributed by atoms with van der Waals surface area (Å²) in [6, 6.07) is 15.9. The fraction of sp³-hybridized carbons (Fsp3) is 0.400. The summed E-state index contributed by atoms with van der Waals surface area (Å²) >= 11 is 12.6. The normalized spacial score (nSPS) is 18.3. The Bertz CT molecular complexity index is 1850. The molecule has 0 unspecified atom stereocenters. The van der Waals surface area contributed by atoms with E-state index < -0.39 is 22.1 Å². The number of urea groups is 1.